The number of benzene rings is 6. The van der Waals surface area contributed by atoms with Crippen molar-refractivity contribution in [1.82, 2.24) is 0 Å². The van der Waals surface area contributed by atoms with Crippen LogP contribution in [0.5, 0.6) is 0 Å². The summed E-state index contributed by atoms with van der Waals surface area (Å²) in [5, 5.41) is 36.8. The third kappa shape index (κ3) is 10.8. The van der Waals surface area contributed by atoms with Crippen LogP contribution < -0.4 is 0 Å². The Bertz CT molecular complexity index is 4410. The number of hydrogen-bond donors (Lipinski definition) is 3. The third-order valence-electron chi connectivity index (χ3n) is 18.6. The van der Waals surface area contributed by atoms with Crippen molar-refractivity contribution < 1.29 is 59.5 Å². The molecule has 0 aromatic heterocycles. The maximum Gasteiger partial charge on any atom is 0.187 e. The van der Waals surface area contributed by atoms with Crippen LogP contribution in [0, 0.1) is 11.6 Å². The van der Waals surface area contributed by atoms with Gasteiger partial charge in [-0.05, 0) is 230 Å². The molecule has 0 aliphatic carbocycles. The van der Waals surface area contributed by atoms with Crippen LogP contribution >= 0.6 is 46.4 Å². The van der Waals surface area contributed by atoms with Gasteiger partial charge in [0.05, 0.1) is 31.5 Å². The number of rotatable bonds is 15. The first kappa shape index (κ1) is 67.4. The summed E-state index contributed by atoms with van der Waals surface area (Å²) in [7, 11) is -11.0. The average molecular weight is 1350 g/mol. The largest absolute Gasteiger partial charge is 0.510 e. The van der Waals surface area contributed by atoms with Crippen LogP contribution in [0.25, 0.3) is 50.1 Å². The minimum Gasteiger partial charge on any atom is -0.510 e. The Labute approximate surface area is 541 Å². The molecule has 0 fully saturated rings. The van der Waals surface area contributed by atoms with Crippen molar-refractivity contribution in [3.8, 4) is 33.4 Å². The first-order valence-corrected chi connectivity index (χ1v) is 34.5. The number of ketones is 3. The van der Waals surface area contributed by atoms with Gasteiger partial charge in [-0.3, -0.25) is 18.6 Å². The zero-order valence-electron chi connectivity index (χ0n) is 50.9. The zero-order chi connectivity index (χ0) is 65.8. The molecule has 6 aromatic carbocycles. The quantitative estimate of drug-likeness (QED) is 0.0884. The lowest BCUT2D eigenvalue weighted by Gasteiger charge is -2.42. The predicted molar refractivity (Wildman–Crippen MR) is 354 cm³/mol. The number of carbonyl (C=O) groups excluding carboxylic acids is 3. The summed E-state index contributed by atoms with van der Waals surface area (Å²) in [5.74, 6) is -5.69. The van der Waals surface area contributed by atoms with Crippen LogP contribution in [0.4, 0.5) is 8.78 Å². The molecule has 3 N–H and O–H groups in total. The molecule has 0 radical (unpaired) electrons. The number of sulfone groups is 2. The Hall–Kier alpha value is -5.98. The van der Waals surface area contributed by atoms with E-state index in [1.165, 1.54) is 93.5 Å². The van der Waals surface area contributed by atoms with Gasteiger partial charge in [0.15, 0.2) is 37.0 Å². The Morgan fingerprint density at radius 2 is 0.865 bits per heavy atom. The lowest BCUT2D eigenvalue weighted by atomic mass is 9.80. The van der Waals surface area contributed by atoms with Crippen LogP contribution in [0.3, 0.4) is 0 Å². The van der Waals surface area contributed by atoms with Gasteiger partial charge in [0.2, 0.25) is 0 Å². The Morgan fingerprint density at radius 3 is 1.36 bits per heavy atom. The van der Waals surface area contributed by atoms with Crippen LogP contribution in [0.1, 0.15) is 135 Å². The molecule has 0 spiro atoms. The number of halogens is 6. The molecule has 0 saturated carbocycles. The number of carbonyl (C=O) groups is 3. The maximum atomic E-state index is 15.7. The average Bonchev–Trinajstić information content (AvgIpc) is 0.723. The molecule has 3 atom stereocenters. The Morgan fingerprint density at radius 1 is 0.449 bits per heavy atom. The smallest absolute Gasteiger partial charge is 0.187 e. The maximum absolute atomic E-state index is 15.7. The highest BCUT2D eigenvalue weighted by atomic mass is 35.5. The highest BCUT2D eigenvalue weighted by molar-refractivity contribution is 7.95. The molecule has 3 aliphatic heterocycles. The zero-order valence-corrected chi connectivity index (χ0v) is 56.4. The molecular formula is C69H68Cl4F2O11S3. The van der Waals surface area contributed by atoms with Crippen molar-refractivity contribution in [2.24, 2.45) is 0 Å². The van der Waals surface area contributed by atoms with E-state index in [1.54, 1.807) is 78.9 Å². The van der Waals surface area contributed by atoms with Crippen molar-refractivity contribution in [2.75, 3.05) is 0 Å². The van der Waals surface area contributed by atoms with Gasteiger partial charge in [0, 0.05) is 26.4 Å². The molecule has 0 saturated heterocycles. The van der Waals surface area contributed by atoms with Crippen LogP contribution in [-0.4, -0.2) is 82.2 Å². The van der Waals surface area contributed by atoms with Gasteiger partial charge in [-0.25, -0.2) is 25.6 Å². The molecule has 470 valence electrons. The summed E-state index contributed by atoms with van der Waals surface area (Å²) < 4.78 is 91.5. The van der Waals surface area contributed by atoms with E-state index in [2.05, 4.69) is 0 Å². The van der Waals surface area contributed by atoms with E-state index in [0.29, 0.717) is 72.1 Å². The Kier molecular flexibility index (Phi) is 17.9. The fourth-order valence-corrected chi connectivity index (χ4v) is 19.7. The summed E-state index contributed by atoms with van der Waals surface area (Å²) in [5.41, 5.74) is 4.21. The molecule has 6 aromatic rings. The fraction of sp³-hybridized carbons (Fsp3) is 0.348. The van der Waals surface area contributed by atoms with E-state index < -0.39 is 105 Å². The van der Waals surface area contributed by atoms with E-state index in [4.69, 9.17) is 46.4 Å². The van der Waals surface area contributed by atoms with Gasteiger partial charge >= 0.3 is 0 Å². The summed E-state index contributed by atoms with van der Waals surface area (Å²) in [6, 6.07) is 28.3. The predicted octanol–water partition coefficient (Wildman–Crippen LogP) is 17.0. The van der Waals surface area contributed by atoms with E-state index in [0.717, 1.165) is 0 Å². The molecule has 3 heterocycles. The second-order valence-electron chi connectivity index (χ2n) is 25.5. The summed E-state index contributed by atoms with van der Waals surface area (Å²) in [4.78, 5) is 45.5. The molecule has 0 bridgehead atoms. The lowest BCUT2D eigenvalue weighted by Crippen LogP contribution is -2.57. The topological polar surface area (TPSA) is 197 Å². The normalized spacial score (nSPS) is 22.7. The van der Waals surface area contributed by atoms with E-state index >= 15 is 18.2 Å². The van der Waals surface area contributed by atoms with Gasteiger partial charge in [-0.15, -0.1) is 0 Å². The lowest BCUT2D eigenvalue weighted by molar-refractivity contribution is -0.117. The van der Waals surface area contributed by atoms with Crippen molar-refractivity contribution in [2.45, 2.75) is 150 Å². The highest BCUT2D eigenvalue weighted by Gasteiger charge is 2.62. The van der Waals surface area contributed by atoms with Crippen molar-refractivity contribution in [1.29, 1.82) is 0 Å². The molecule has 0 amide bonds. The van der Waals surface area contributed by atoms with Gasteiger partial charge in [-0.2, -0.15) is 0 Å². The fourth-order valence-electron chi connectivity index (χ4n) is 12.7. The summed E-state index contributed by atoms with van der Waals surface area (Å²) in [6.07, 6.45) is 0.174. The first-order chi connectivity index (χ1) is 41.3. The molecular weight excluding hydrogens is 1280 g/mol. The van der Waals surface area contributed by atoms with Crippen molar-refractivity contribution >= 4 is 111 Å². The van der Waals surface area contributed by atoms with Crippen LogP contribution in [0.2, 0.25) is 20.1 Å². The second-order valence-corrected chi connectivity index (χ2v) is 35.6. The second kappa shape index (κ2) is 23.6. The van der Waals surface area contributed by atoms with Gasteiger partial charge in [0.25, 0.3) is 0 Å². The minimum atomic E-state index is -4.55. The number of aryl methyl sites for hydroxylation is 3. The molecule has 3 unspecified atom stereocenters. The molecule has 3 aliphatic rings. The van der Waals surface area contributed by atoms with Crippen molar-refractivity contribution in [3.05, 3.63) is 192 Å². The molecule has 20 heteroatoms. The van der Waals surface area contributed by atoms with Crippen molar-refractivity contribution in [3.63, 3.8) is 0 Å². The number of Topliss-reactive ketones (excluding diaryl/α,β-unsaturated/α-hetero) is 3. The van der Waals surface area contributed by atoms with Gasteiger partial charge < -0.3 is 15.3 Å². The standard InChI is InChI=1S/C69H68Cl4F2O11S3/c1-12-37-17-22-44(46-26-25-45(70)36-52(46)73)33-47(37)57-61(79)67(8,9)89(85,86)69(11,63(57)81)30-14-16-39-19-21-40(42-23-27-50(71)53(74)34-42)31-48(39)55-58(76)64(2,3)87(82)68(10,62(55)80)29-13-15-38-18-20-41(43-24-28-51(72)54(75)35-43)32-49(38)56-59(77)65(4,5)88(83,84)66(6,7)60(56)78/h17-28,31-36,76-77,79H,12-16,29-30H2,1-11H3. The minimum absolute atomic E-state index is 0.00125. The monoisotopic (exact) mass is 1350 g/mol. The molecule has 9 rings (SSSR count). The third-order valence-corrected chi connectivity index (χ3v) is 28.2. The SMILES string of the molecule is CCc1ccc(-c2ccc(Cl)cc2Cl)cc1C1=C(O)C(C)(C)S(=O)(=O)C(C)(CCCc2ccc(-c3ccc(Cl)c(F)c3)cc2C2=C(O)C(C)(C)S(=O)C(C)(CCCc3ccc(-c4ccc(Cl)c(F)c4)cc3C3=C(O)C(C)(C)S(=O)(=O)C(C)(C)C3=O)C2=O)C1=O. The summed E-state index contributed by atoms with van der Waals surface area (Å²) >= 11 is 25.0. The van der Waals surface area contributed by atoms with Crippen LogP contribution in [0.15, 0.2) is 126 Å². The van der Waals surface area contributed by atoms with E-state index in [1.807, 2.05) is 13.0 Å². The number of aliphatic hydroxyl groups is 3. The molecule has 11 nitrogen and oxygen atoms in total. The number of aliphatic hydroxyl groups excluding tert-OH is 3. The Balaban J connectivity index is 1.10. The van der Waals surface area contributed by atoms with E-state index in [-0.39, 0.29) is 76.4 Å². The highest BCUT2D eigenvalue weighted by Crippen LogP contribution is 2.52. The van der Waals surface area contributed by atoms with Gasteiger partial charge in [-0.1, -0.05) is 108 Å². The van der Waals surface area contributed by atoms with Crippen LogP contribution in [-0.2, 0) is 64.1 Å². The summed E-state index contributed by atoms with van der Waals surface area (Å²) in [6.45, 7) is 15.7. The number of hydrogen-bond acceptors (Lipinski definition) is 11. The van der Waals surface area contributed by atoms with Gasteiger partial charge in [0.1, 0.15) is 52.6 Å². The number of allylic oxidation sites excluding steroid dienone is 3. The molecule has 89 heavy (non-hydrogen) atoms. The van der Waals surface area contributed by atoms with E-state index in [9.17, 15) is 41.3 Å². The first-order valence-electron chi connectivity index (χ1n) is 28.9.